The Bertz CT molecular complexity index is 442. The van der Waals surface area contributed by atoms with Crippen LogP contribution in [0.2, 0.25) is 0 Å². The number of carbonyl (C=O) groups is 3. The Morgan fingerprint density at radius 3 is 2.25 bits per heavy atom. The van der Waals surface area contributed by atoms with Gasteiger partial charge in [0.25, 0.3) is 5.91 Å². The van der Waals surface area contributed by atoms with Gasteiger partial charge in [-0.2, -0.15) is 0 Å². The number of pyridine rings is 1. The first-order chi connectivity index (χ1) is 7.45. The highest BCUT2D eigenvalue weighted by Crippen LogP contribution is 2.16. The van der Waals surface area contributed by atoms with Crippen LogP contribution in [0.4, 0.5) is 5.82 Å². The zero-order valence-corrected chi connectivity index (χ0v) is 8.93. The predicted octanol–water partition coefficient (Wildman–Crippen LogP) is 0.0799. The molecule has 0 spiro atoms. The largest absolute Gasteiger partial charge is 0.365 e. The molecule has 2 N–H and O–H groups in total. The summed E-state index contributed by atoms with van der Waals surface area (Å²) < 4.78 is 0. The molecule has 1 rings (SSSR count). The Kier molecular flexibility index (Phi) is 3.34. The third-order valence-corrected chi connectivity index (χ3v) is 1.89. The number of imide groups is 1. The third-order valence-electron chi connectivity index (χ3n) is 1.89. The van der Waals surface area contributed by atoms with Crippen LogP contribution in [0.15, 0.2) is 18.3 Å². The second kappa shape index (κ2) is 4.52. The summed E-state index contributed by atoms with van der Waals surface area (Å²) in [5.41, 5.74) is 5.16. The number of anilines is 1. The van der Waals surface area contributed by atoms with Gasteiger partial charge in [0.15, 0.2) is 5.82 Å². The van der Waals surface area contributed by atoms with E-state index in [2.05, 4.69) is 4.98 Å². The number of carbonyl (C=O) groups excluding carboxylic acids is 3. The SMILES string of the molecule is CC(=O)N(C(C)=O)c1ncccc1C(N)=O. The lowest BCUT2D eigenvalue weighted by atomic mass is 10.2. The zero-order chi connectivity index (χ0) is 12.3. The highest BCUT2D eigenvalue weighted by molar-refractivity contribution is 6.15. The fraction of sp³-hybridized carbons (Fsp3) is 0.200. The van der Waals surface area contributed by atoms with Crippen LogP contribution < -0.4 is 10.6 Å². The molecule has 6 nitrogen and oxygen atoms in total. The molecule has 6 heteroatoms. The average Bonchev–Trinajstić information content (AvgIpc) is 2.17. The Hall–Kier alpha value is -2.24. The minimum Gasteiger partial charge on any atom is -0.365 e. The summed E-state index contributed by atoms with van der Waals surface area (Å²) in [4.78, 5) is 38.3. The van der Waals surface area contributed by atoms with Crippen molar-refractivity contribution in [1.82, 2.24) is 4.98 Å². The lowest BCUT2D eigenvalue weighted by Crippen LogP contribution is -2.35. The highest BCUT2D eigenvalue weighted by Gasteiger charge is 2.22. The molecule has 0 saturated heterocycles. The third kappa shape index (κ3) is 2.22. The van der Waals surface area contributed by atoms with Crippen LogP contribution in [0.1, 0.15) is 24.2 Å². The molecule has 0 aliphatic heterocycles. The highest BCUT2D eigenvalue weighted by atomic mass is 16.2. The summed E-state index contributed by atoms with van der Waals surface area (Å²) in [7, 11) is 0. The van der Waals surface area contributed by atoms with Crippen LogP contribution in [0.3, 0.4) is 0 Å². The maximum absolute atomic E-state index is 11.3. The summed E-state index contributed by atoms with van der Waals surface area (Å²) >= 11 is 0. The van der Waals surface area contributed by atoms with E-state index >= 15 is 0 Å². The van der Waals surface area contributed by atoms with Gasteiger partial charge in [0.1, 0.15) is 0 Å². The number of hydrogen-bond acceptors (Lipinski definition) is 4. The summed E-state index contributed by atoms with van der Waals surface area (Å²) in [6.45, 7) is 2.42. The lowest BCUT2D eigenvalue weighted by Gasteiger charge is -2.17. The van der Waals surface area contributed by atoms with Gasteiger partial charge in [-0.25, -0.2) is 9.88 Å². The molecule has 1 aromatic heterocycles. The van der Waals surface area contributed by atoms with Crippen LogP contribution >= 0.6 is 0 Å². The topological polar surface area (TPSA) is 93.4 Å². The molecule has 0 saturated carbocycles. The summed E-state index contributed by atoms with van der Waals surface area (Å²) in [6.07, 6.45) is 1.38. The summed E-state index contributed by atoms with van der Waals surface area (Å²) in [5.74, 6) is -1.81. The zero-order valence-electron chi connectivity index (χ0n) is 8.93. The molecule has 1 heterocycles. The van der Waals surface area contributed by atoms with Gasteiger partial charge in [0.05, 0.1) is 5.56 Å². The number of aromatic nitrogens is 1. The maximum Gasteiger partial charge on any atom is 0.252 e. The summed E-state index contributed by atoms with van der Waals surface area (Å²) in [6, 6.07) is 2.91. The van der Waals surface area contributed by atoms with Gasteiger partial charge in [0.2, 0.25) is 11.8 Å². The number of nitrogens with two attached hydrogens (primary N) is 1. The molecule has 0 radical (unpaired) electrons. The van der Waals surface area contributed by atoms with Crippen LogP contribution in [0.25, 0.3) is 0 Å². The van der Waals surface area contributed by atoms with Crippen molar-refractivity contribution in [1.29, 1.82) is 0 Å². The van der Waals surface area contributed by atoms with Gasteiger partial charge in [-0.15, -0.1) is 0 Å². The van der Waals surface area contributed by atoms with E-state index in [1.807, 2.05) is 0 Å². The van der Waals surface area contributed by atoms with Crippen molar-refractivity contribution in [2.24, 2.45) is 5.73 Å². The van der Waals surface area contributed by atoms with Gasteiger partial charge < -0.3 is 5.73 Å². The van der Waals surface area contributed by atoms with Gasteiger partial charge in [-0.05, 0) is 12.1 Å². The Morgan fingerprint density at radius 2 is 1.81 bits per heavy atom. The van der Waals surface area contributed by atoms with Crippen molar-refractivity contribution in [3.63, 3.8) is 0 Å². The van der Waals surface area contributed by atoms with Gasteiger partial charge in [-0.1, -0.05) is 0 Å². The van der Waals surface area contributed by atoms with Crippen molar-refractivity contribution in [3.8, 4) is 0 Å². The van der Waals surface area contributed by atoms with E-state index in [4.69, 9.17) is 5.73 Å². The van der Waals surface area contributed by atoms with E-state index in [0.29, 0.717) is 0 Å². The molecular formula is C10H11N3O3. The molecular weight excluding hydrogens is 210 g/mol. The van der Waals surface area contributed by atoms with Crippen molar-refractivity contribution in [2.45, 2.75) is 13.8 Å². The molecule has 3 amide bonds. The smallest absolute Gasteiger partial charge is 0.252 e. The van der Waals surface area contributed by atoms with Gasteiger partial charge in [-0.3, -0.25) is 14.4 Å². The molecule has 0 aliphatic carbocycles. The molecule has 0 bridgehead atoms. The second-order valence-electron chi connectivity index (χ2n) is 3.11. The molecule has 0 atom stereocenters. The molecule has 0 aromatic carbocycles. The Labute approximate surface area is 92.1 Å². The number of rotatable bonds is 2. The monoisotopic (exact) mass is 221 g/mol. The first kappa shape index (κ1) is 11.8. The minimum atomic E-state index is -0.740. The predicted molar refractivity (Wildman–Crippen MR) is 56.6 cm³/mol. The fourth-order valence-electron chi connectivity index (χ4n) is 1.29. The van der Waals surface area contributed by atoms with E-state index in [9.17, 15) is 14.4 Å². The minimum absolute atomic E-state index is 0.0324. The van der Waals surface area contributed by atoms with Crippen molar-refractivity contribution >= 4 is 23.5 Å². The summed E-state index contributed by atoms with van der Waals surface area (Å²) in [5, 5.41) is 0. The first-order valence-electron chi connectivity index (χ1n) is 4.51. The quantitative estimate of drug-likeness (QED) is 0.765. The lowest BCUT2D eigenvalue weighted by molar-refractivity contribution is -0.124. The van der Waals surface area contributed by atoms with Crippen molar-refractivity contribution in [3.05, 3.63) is 23.9 Å². The standard InChI is InChI=1S/C10H11N3O3/c1-6(14)13(7(2)15)10-8(9(11)16)4-3-5-12-10/h3-5H,1-2H3,(H2,11,16). The van der Waals surface area contributed by atoms with E-state index in [1.165, 1.54) is 32.2 Å². The number of primary amides is 1. The molecule has 0 fully saturated rings. The first-order valence-corrected chi connectivity index (χ1v) is 4.51. The van der Waals surface area contributed by atoms with Crippen molar-refractivity contribution < 1.29 is 14.4 Å². The number of nitrogens with zero attached hydrogens (tertiary/aromatic N) is 2. The number of hydrogen-bond donors (Lipinski definition) is 1. The fourth-order valence-corrected chi connectivity index (χ4v) is 1.29. The Morgan fingerprint density at radius 1 is 1.25 bits per heavy atom. The second-order valence-corrected chi connectivity index (χ2v) is 3.11. The Balaban J connectivity index is 3.35. The molecule has 84 valence electrons. The average molecular weight is 221 g/mol. The van der Waals surface area contributed by atoms with E-state index in [-0.39, 0.29) is 11.4 Å². The van der Waals surface area contributed by atoms with Gasteiger partial charge >= 0.3 is 0 Å². The molecule has 1 aromatic rings. The van der Waals surface area contributed by atoms with Crippen LogP contribution in [-0.2, 0) is 9.59 Å². The van der Waals surface area contributed by atoms with Crippen LogP contribution in [0, 0.1) is 0 Å². The van der Waals surface area contributed by atoms with E-state index in [1.54, 1.807) is 0 Å². The van der Waals surface area contributed by atoms with Crippen molar-refractivity contribution in [2.75, 3.05) is 4.90 Å². The maximum atomic E-state index is 11.3. The number of amides is 3. The molecule has 0 aliphatic rings. The van der Waals surface area contributed by atoms with Crippen LogP contribution in [0.5, 0.6) is 0 Å². The van der Waals surface area contributed by atoms with E-state index < -0.39 is 17.7 Å². The van der Waals surface area contributed by atoms with E-state index in [0.717, 1.165) is 4.90 Å². The molecule has 0 unspecified atom stereocenters. The normalized spacial score (nSPS) is 9.62. The molecule has 16 heavy (non-hydrogen) atoms. The van der Waals surface area contributed by atoms with Crippen LogP contribution in [-0.4, -0.2) is 22.7 Å². The van der Waals surface area contributed by atoms with Gasteiger partial charge in [0, 0.05) is 20.0 Å².